The number of carbonyl (C=O) groups is 1. The minimum atomic E-state index is -4.40. The Hall–Kier alpha value is -4.53. The molecule has 0 amide bonds. The Bertz CT molecular complexity index is 1870. The Labute approximate surface area is 268 Å². The summed E-state index contributed by atoms with van der Waals surface area (Å²) < 4.78 is 46.3. The molecule has 5 aromatic rings. The minimum Gasteiger partial charge on any atom is -0.468 e. The van der Waals surface area contributed by atoms with Crippen LogP contribution in [0.5, 0.6) is 0 Å². The van der Waals surface area contributed by atoms with E-state index < -0.39 is 11.7 Å². The number of hydrogen-bond donors (Lipinski definition) is 1. The van der Waals surface area contributed by atoms with Crippen LogP contribution in [-0.2, 0) is 22.3 Å². The molecule has 0 aliphatic carbocycles. The number of nitrogens with one attached hydrogen (secondary N) is 1. The van der Waals surface area contributed by atoms with Gasteiger partial charge in [-0.3, -0.25) is 4.79 Å². The lowest BCUT2D eigenvalue weighted by Gasteiger charge is -2.11. The molecule has 1 aromatic heterocycles. The highest BCUT2D eigenvalue weighted by molar-refractivity contribution is 6.36. The molecule has 0 fully saturated rings. The highest BCUT2D eigenvalue weighted by atomic mass is 35.5. The molecule has 1 heterocycles. The van der Waals surface area contributed by atoms with E-state index in [0.29, 0.717) is 39.2 Å². The van der Waals surface area contributed by atoms with Crippen molar-refractivity contribution in [1.29, 1.82) is 0 Å². The summed E-state index contributed by atoms with van der Waals surface area (Å²) in [6.45, 7) is 2.53. The van der Waals surface area contributed by atoms with E-state index in [1.165, 1.54) is 13.2 Å². The third kappa shape index (κ3) is 7.95. The fraction of sp³-hybridized carbons (Fsp3) is 0.143. The summed E-state index contributed by atoms with van der Waals surface area (Å²) in [6, 6.07) is 23.7. The van der Waals surface area contributed by atoms with Crippen LogP contribution < -0.4 is 5.32 Å². The standard InChI is InChI=1S/C35H28Cl2F3N3O2/c1-22-16-24(8-14-31(22)41-19-34(44)45-2)20-43-21-32(29-13-12-28(36)18-30(29)37)42-33(43)15-9-23-6-10-25(11-7-23)26-4-3-5-27(17-26)35(38,39)40/h3-18,21,41H,19-20H2,1-2H3/b15-9+. The van der Waals surface area contributed by atoms with E-state index in [0.717, 1.165) is 40.1 Å². The van der Waals surface area contributed by atoms with E-state index in [4.69, 9.17) is 32.9 Å². The van der Waals surface area contributed by atoms with Gasteiger partial charge in [0.15, 0.2) is 0 Å². The quantitative estimate of drug-likeness (QED) is 0.162. The Morgan fingerprint density at radius 3 is 2.42 bits per heavy atom. The molecule has 45 heavy (non-hydrogen) atoms. The van der Waals surface area contributed by atoms with Gasteiger partial charge in [-0.05, 0) is 77.2 Å². The molecule has 0 bridgehead atoms. The van der Waals surface area contributed by atoms with Gasteiger partial charge in [-0.15, -0.1) is 0 Å². The van der Waals surface area contributed by atoms with Gasteiger partial charge in [0.2, 0.25) is 0 Å². The molecule has 0 aliphatic heterocycles. The molecule has 1 N–H and O–H groups in total. The maximum Gasteiger partial charge on any atom is 0.416 e. The van der Waals surface area contributed by atoms with E-state index in [1.807, 2.05) is 66.2 Å². The molecule has 0 unspecified atom stereocenters. The van der Waals surface area contributed by atoms with Gasteiger partial charge < -0.3 is 14.6 Å². The van der Waals surface area contributed by atoms with Gasteiger partial charge in [0, 0.05) is 29.0 Å². The lowest BCUT2D eigenvalue weighted by Crippen LogP contribution is -2.15. The molecule has 230 valence electrons. The lowest BCUT2D eigenvalue weighted by atomic mass is 10.0. The summed E-state index contributed by atoms with van der Waals surface area (Å²) in [5, 5.41) is 4.08. The number of rotatable bonds is 9. The number of methoxy groups -OCH3 is 1. The molecule has 5 rings (SSSR count). The predicted molar refractivity (Wildman–Crippen MR) is 174 cm³/mol. The highest BCUT2D eigenvalue weighted by Gasteiger charge is 2.30. The van der Waals surface area contributed by atoms with E-state index in [-0.39, 0.29) is 12.5 Å². The topological polar surface area (TPSA) is 56.1 Å². The SMILES string of the molecule is COC(=O)CNc1ccc(Cn2cc(-c3ccc(Cl)cc3Cl)nc2/C=C/c2ccc(-c3cccc(C(F)(F)F)c3)cc2)cc1C. The van der Waals surface area contributed by atoms with Gasteiger partial charge in [-0.25, -0.2) is 4.98 Å². The smallest absolute Gasteiger partial charge is 0.416 e. The Morgan fingerprint density at radius 2 is 1.73 bits per heavy atom. The fourth-order valence-corrected chi connectivity index (χ4v) is 5.31. The summed E-state index contributed by atoms with van der Waals surface area (Å²) in [5.74, 6) is 0.315. The molecule has 0 saturated heterocycles. The molecular weight excluding hydrogens is 622 g/mol. The van der Waals surface area contributed by atoms with Gasteiger partial charge in [-0.1, -0.05) is 77.8 Å². The number of hydrogen-bond acceptors (Lipinski definition) is 4. The first-order valence-corrected chi connectivity index (χ1v) is 14.6. The van der Waals surface area contributed by atoms with Crippen LogP contribution in [0.1, 0.15) is 28.1 Å². The first-order valence-electron chi connectivity index (χ1n) is 13.9. The van der Waals surface area contributed by atoms with Gasteiger partial charge in [0.25, 0.3) is 0 Å². The third-order valence-electron chi connectivity index (χ3n) is 7.17. The van der Waals surface area contributed by atoms with Crippen LogP contribution in [0.25, 0.3) is 34.5 Å². The van der Waals surface area contributed by atoms with Crippen LogP contribution in [0, 0.1) is 6.92 Å². The zero-order valence-corrected chi connectivity index (χ0v) is 25.8. The van der Waals surface area contributed by atoms with E-state index in [2.05, 4.69) is 5.32 Å². The molecule has 10 heteroatoms. The number of carbonyl (C=O) groups excluding carboxylic acids is 1. The van der Waals surface area contributed by atoms with Crippen LogP contribution in [0.4, 0.5) is 18.9 Å². The average molecular weight is 651 g/mol. The molecule has 0 saturated carbocycles. The van der Waals surface area contributed by atoms with Gasteiger partial charge in [-0.2, -0.15) is 13.2 Å². The molecular formula is C35H28Cl2F3N3O2. The van der Waals surface area contributed by atoms with Crippen molar-refractivity contribution in [3.05, 3.63) is 129 Å². The minimum absolute atomic E-state index is 0.0687. The van der Waals surface area contributed by atoms with E-state index in [1.54, 1.807) is 30.3 Å². The number of ether oxygens (including phenoxy) is 1. The van der Waals surface area contributed by atoms with E-state index >= 15 is 0 Å². The van der Waals surface area contributed by atoms with Crippen molar-refractivity contribution < 1.29 is 22.7 Å². The van der Waals surface area contributed by atoms with Crippen LogP contribution in [0.2, 0.25) is 10.0 Å². The molecule has 5 nitrogen and oxygen atoms in total. The summed E-state index contributed by atoms with van der Waals surface area (Å²) in [5.41, 5.74) is 5.55. The maximum absolute atomic E-state index is 13.2. The van der Waals surface area contributed by atoms with Crippen molar-refractivity contribution in [1.82, 2.24) is 9.55 Å². The second-order valence-corrected chi connectivity index (χ2v) is 11.2. The molecule has 0 atom stereocenters. The van der Waals surface area contributed by atoms with Crippen LogP contribution in [0.3, 0.4) is 0 Å². The molecule has 4 aromatic carbocycles. The van der Waals surface area contributed by atoms with Crippen molar-refractivity contribution in [3.63, 3.8) is 0 Å². The largest absolute Gasteiger partial charge is 0.468 e. The summed E-state index contributed by atoms with van der Waals surface area (Å²) in [4.78, 5) is 16.4. The van der Waals surface area contributed by atoms with Gasteiger partial charge >= 0.3 is 12.1 Å². The van der Waals surface area contributed by atoms with Crippen molar-refractivity contribution in [2.45, 2.75) is 19.6 Å². The maximum atomic E-state index is 13.2. The monoisotopic (exact) mass is 649 g/mol. The third-order valence-corrected chi connectivity index (χ3v) is 7.72. The van der Waals surface area contributed by atoms with Crippen LogP contribution >= 0.6 is 23.2 Å². The Balaban J connectivity index is 1.42. The molecule has 0 spiro atoms. The number of aromatic nitrogens is 2. The van der Waals surface area contributed by atoms with Crippen LogP contribution in [-0.4, -0.2) is 29.2 Å². The van der Waals surface area contributed by atoms with Crippen molar-refractivity contribution in [2.24, 2.45) is 0 Å². The summed E-state index contributed by atoms with van der Waals surface area (Å²) in [7, 11) is 1.35. The number of esters is 1. The molecule has 0 radical (unpaired) electrons. The van der Waals surface area contributed by atoms with Gasteiger partial charge in [0.05, 0.1) is 23.4 Å². The number of nitrogens with zero attached hydrogens (tertiary/aromatic N) is 2. The Kier molecular flexibility index (Phi) is 9.65. The number of aryl methyl sites for hydroxylation is 1. The molecule has 0 aliphatic rings. The fourth-order valence-electron chi connectivity index (χ4n) is 4.81. The zero-order valence-electron chi connectivity index (χ0n) is 24.3. The number of anilines is 1. The van der Waals surface area contributed by atoms with Gasteiger partial charge in [0.1, 0.15) is 12.4 Å². The van der Waals surface area contributed by atoms with Crippen molar-refractivity contribution >= 4 is 47.0 Å². The van der Waals surface area contributed by atoms with E-state index in [9.17, 15) is 18.0 Å². The number of imidazole rings is 1. The second kappa shape index (κ2) is 13.6. The first kappa shape index (κ1) is 31.9. The second-order valence-electron chi connectivity index (χ2n) is 10.3. The average Bonchev–Trinajstić information content (AvgIpc) is 3.41. The van der Waals surface area contributed by atoms with Crippen molar-refractivity contribution in [2.75, 3.05) is 19.0 Å². The number of alkyl halides is 3. The first-order chi connectivity index (χ1) is 21.5. The normalized spacial score (nSPS) is 11.6. The lowest BCUT2D eigenvalue weighted by molar-refractivity contribution is -0.139. The predicted octanol–water partition coefficient (Wildman–Crippen LogP) is 9.65. The Morgan fingerprint density at radius 1 is 0.956 bits per heavy atom. The zero-order chi connectivity index (χ0) is 32.1. The number of benzene rings is 4. The highest BCUT2D eigenvalue weighted by Crippen LogP contribution is 2.33. The summed E-state index contributed by atoms with van der Waals surface area (Å²) >= 11 is 12.6. The number of halogens is 5. The van der Waals surface area contributed by atoms with Crippen LogP contribution in [0.15, 0.2) is 91.1 Å². The van der Waals surface area contributed by atoms with Crippen molar-refractivity contribution in [3.8, 4) is 22.4 Å². The summed E-state index contributed by atoms with van der Waals surface area (Å²) in [6.07, 6.45) is 1.29.